The van der Waals surface area contributed by atoms with E-state index < -0.39 is 0 Å². The molecule has 2 amide bonds. The highest BCUT2D eigenvalue weighted by Gasteiger charge is 2.48. The first kappa shape index (κ1) is 23.9. The second-order valence-corrected chi connectivity index (χ2v) is 12.8. The number of benzene rings is 2. The van der Waals surface area contributed by atoms with Gasteiger partial charge in [-0.25, -0.2) is 4.98 Å². The monoisotopic (exact) mass is 510 g/mol. The summed E-state index contributed by atoms with van der Waals surface area (Å²) in [7, 11) is 0. The van der Waals surface area contributed by atoms with E-state index in [1.165, 1.54) is 44.9 Å². The van der Waals surface area contributed by atoms with Crippen LogP contribution in [0.4, 0.5) is 0 Å². The zero-order chi connectivity index (χ0) is 25.8. The molecule has 0 aliphatic heterocycles. The summed E-state index contributed by atoms with van der Waals surface area (Å²) in [5, 5.41) is 6.61. The Morgan fingerprint density at radius 3 is 2.11 bits per heavy atom. The maximum atomic E-state index is 13.2. The number of hydrogen-bond acceptors (Lipinski definition) is 3. The quantitative estimate of drug-likeness (QED) is 0.388. The van der Waals surface area contributed by atoms with Crippen LogP contribution in [0, 0.1) is 29.6 Å². The number of nitrogens with zero attached hydrogens (tertiary/aromatic N) is 1. The minimum Gasteiger partial charge on any atom is -0.349 e. The number of nitrogens with one attached hydrogen (secondary N) is 3. The smallest absolute Gasteiger partial charge is 0.251 e. The molecular weight excluding hydrogens is 472 g/mol. The molecule has 5 fully saturated rings. The zero-order valence-corrected chi connectivity index (χ0v) is 22.2. The van der Waals surface area contributed by atoms with Gasteiger partial charge in [0.1, 0.15) is 5.82 Å². The molecule has 1 aromatic heterocycles. The van der Waals surface area contributed by atoms with Crippen LogP contribution in [0.5, 0.6) is 0 Å². The molecule has 0 unspecified atom stereocenters. The highest BCUT2D eigenvalue weighted by molar-refractivity contribution is 5.98. The molecule has 4 bridgehead atoms. The Balaban J connectivity index is 1.03. The third-order valence-corrected chi connectivity index (χ3v) is 10.0. The van der Waals surface area contributed by atoms with Crippen molar-refractivity contribution in [3.63, 3.8) is 0 Å². The maximum absolute atomic E-state index is 13.2. The van der Waals surface area contributed by atoms with E-state index in [1.54, 1.807) is 0 Å². The van der Waals surface area contributed by atoms with Crippen LogP contribution in [0.3, 0.4) is 0 Å². The molecule has 6 heteroatoms. The first-order valence-electron chi connectivity index (χ1n) is 14.7. The van der Waals surface area contributed by atoms with E-state index in [0.29, 0.717) is 29.0 Å². The average molecular weight is 511 g/mol. The molecule has 0 radical (unpaired) electrons. The van der Waals surface area contributed by atoms with E-state index in [1.807, 2.05) is 42.5 Å². The van der Waals surface area contributed by atoms with Crippen LogP contribution in [-0.4, -0.2) is 33.9 Å². The van der Waals surface area contributed by atoms with Gasteiger partial charge in [0, 0.05) is 28.8 Å². The summed E-state index contributed by atoms with van der Waals surface area (Å²) < 4.78 is 0. The fraction of sp³-hybridized carbons (Fsp3) is 0.531. The Morgan fingerprint density at radius 2 is 1.42 bits per heavy atom. The van der Waals surface area contributed by atoms with Gasteiger partial charge in [-0.2, -0.15) is 0 Å². The van der Waals surface area contributed by atoms with E-state index in [2.05, 4.69) is 22.5 Å². The lowest BCUT2D eigenvalue weighted by atomic mass is 9.54. The van der Waals surface area contributed by atoms with Crippen LogP contribution >= 0.6 is 0 Å². The number of H-pyrrole nitrogens is 1. The highest BCUT2D eigenvalue weighted by Crippen LogP contribution is 2.53. The number of carbonyl (C=O) groups is 2. The standard InChI is InChI=1S/C32H38N4O2/c1-18-2-9-26(10-3-18)33-31(37)22-6-4-21(5-7-22)30-34-27-11-8-23(17-28(27)35-30)32(38)36-29-24-13-19-12-20(15-24)16-25(29)14-19/h4-8,11,17-20,24-26,29H,2-3,9-10,12-16H2,1H3,(H,33,37)(H,34,35)(H,36,38)/t18?,19-,20+,24-,25?,26?,29?. The molecule has 2 aromatic carbocycles. The summed E-state index contributed by atoms with van der Waals surface area (Å²) in [6, 6.07) is 14.0. The van der Waals surface area contributed by atoms with Gasteiger partial charge in [0.05, 0.1) is 11.0 Å². The molecular formula is C32H38N4O2. The molecule has 6 nitrogen and oxygen atoms in total. The fourth-order valence-electron chi connectivity index (χ4n) is 8.13. The summed E-state index contributed by atoms with van der Waals surface area (Å²) in [6.45, 7) is 2.29. The normalized spacial score (nSPS) is 31.9. The predicted molar refractivity (Wildman–Crippen MR) is 149 cm³/mol. The van der Waals surface area contributed by atoms with Crippen molar-refractivity contribution >= 4 is 22.8 Å². The Morgan fingerprint density at radius 1 is 0.789 bits per heavy atom. The van der Waals surface area contributed by atoms with Gasteiger partial charge in [-0.05, 0) is 118 Å². The van der Waals surface area contributed by atoms with Crippen LogP contribution in [-0.2, 0) is 0 Å². The summed E-state index contributed by atoms with van der Waals surface area (Å²) in [5.74, 6) is 4.64. The van der Waals surface area contributed by atoms with Crippen LogP contribution in [0.15, 0.2) is 42.5 Å². The second kappa shape index (κ2) is 9.55. The van der Waals surface area contributed by atoms with Crippen molar-refractivity contribution in [2.75, 3.05) is 0 Å². The van der Waals surface area contributed by atoms with E-state index in [-0.39, 0.29) is 17.9 Å². The Hall–Kier alpha value is -3.15. The summed E-state index contributed by atoms with van der Waals surface area (Å²) in [6.07, 6.45) is 11.1. The summed E-state index contributed by atoms with van der Waals surface area (Å²) >= 11 is 0. The Labute approximate surface area is 224 Å². The van der Waals surface area contributed by atoms with Gasteiger partial charge >= 0.3 is 0 Å². The van der Waals surface area contributed by atoms with E-state index in [4.69, 9.17) is 4.98 Å². The topological polar surface area (TPSA) is 86.9 Å². The summed E-state index contributed by atoms with van der Waals surface area (Å²) in [4.78, 5) is 34.1. The highest BCUT2D eigenvalue weighted by atomic mass is 16.2. The molecule has 8 rings (SSSR count). The SMILES string of the molecule is CC1CCC(NC(=O)c2ccc(-c3nc4cc(C(=O)NC5C6C[C@H]7C[C@@H](C6)C[C@@H]5C7)ccc4[nH]3)cc2)CC1. The van der Waals surface area contributed by atoms with E-state index in [0.717, 1.165) is 53.0 Å². The molecule has 5 saturated carbocycles. The molecule has 0 atom stereocenters. The first-order valence-corrected chi connectivity index (χ1v) is 14.7. The van der Waals surface area contributed by atoms with Crippen LogP contribution in [0.2, 0.25) is 0 Å². The number of imidazole rings is 1. The van der Waals surface area contributed by atoms with Crippen molar-refractivity contribution in [3.8, 4) is 11.4 Å². The van der Waals surface area contributed by atoms with Gasteiger partial charge in [-0.1, -0.05) is 19.1 Å². The lowest BCUT2D eigenvalue weighted by Crippen LogP contribution is -2.55. The van der Waals surface area contributed by atoms with Gasteiger partial charge in [0.15, 0.2) is 0 Å². The van der Waals surface area contributed by atoms with Crippen molar-refractivity contribution in [2.45, 2.75) is 76.8 Å². The third-order valence-electron chi connectivity index (χ3n) is 10.0. The Kier molecular flexibility index (Phi) is 6.01. The molecule has 38 heavy (non-hydrogen) atoms. The predicted octanol–water partition coefficient (Wildman–Crippen LogP) is 6.09. The van der Waals surface area contributed by atoms with Crippen molar-refractivity contribution < 1.29 is 9.59 Å². The lowest BCUT2D eigenvalue weighted by molar-refractivity contribution is -0.0119. The maximum Gasteiger partial charge on any atom is 0.251 e. The van der Waals surface area contributed by atoms with Crippen molar-refractivity contribution in [3.05, 3.63) is 53.6 Å². The van der Waals surface area contributed by atoms with Gasteiger partial charge in [0.2, 0.25) is 0 Å². The fourth-order valence-corrected chi connectivity index (χ4v) is 8.13. The second-order valence-electron chi connectivity index (χ2n) is 12.8. The zero-order valence-electron chi connectivity index (χ0n) is 22.2. The van der Waals surface area contributed by atoms with Gasteiger partial charge in [0.25, 0.3) is 11.8 Å². The summed E-state index contributed by atoms with van der Waals surface area (Å²) in [5.41, 5.74) is 3.95. The largest absolute Gasteiger partial charge is 0.349 e. The number of aromatic amines is 1. The molecule has 5 aliphatic carbocycles. The number of hydrogen-bond donors (Lipinski definition) is 3. The number of fused-ring (bicyclic) bond motifs is 1. The molecule has 198 valence electrons. The number of carbonyl (C=O) groups excluding carboxylic acids is 2. The van der Waals surface area contributed by atoms with E-state index >= 15 is 0 Å². The Bertz CT molecular complexity index is 1320. The van der Waals surface area contributed by atoms with Gasteiger partial charge in [-0.3, -0.25) is 9.59 Å². The minimum absolute atomic E-state index is 0.00417. The van der Waals surface area contributed by atoms with Crippen LogP contribution in [0.1, 0.15) is 85.4 Å². The molecule has 3 N–H and O–H groups in total. The van der Waals surface area contributed by atoms with Crippen molar-refractivity contribution in [1.82, 2.24) is 20.6 Å². The van der Waals surface area contributed by atoms with Gasteiger partial charge < -0.3 is 15.6 Å². The molecule has 1 heterocycles. The lowest BCUT2D eigenvalue weighted by Gasteiger charge is -2.54. The van der Waals surface area contributed by atoms with Crippen LogP contribution < -0.4 is 10.6 Å². The minimum atomic E-state index is -0.00417. The van der Waals surface area contributed by atoms with Crippen molar-refractivity contribution in [1.29, 1.82) is 0 Å². The molecule has 5 aliphatic rings. The van der Waals surface area contributed by atoms with E-state index in [9.17, 15) is 9.59 Å². The van der Waals surface area contributed by atoms with Crippen LogP contribution in [0.25, 0.3) is 22.4 Å². The molecule has 3 aromatic rings. The third kappa shape index (κ3) is 4.52. The first-order chi connectivity index (χ1) is 18.5. The molecule has 0 spiro atoms. The van der Waals surface area contributed by atoms with Crippen molar-refractivity contribution in [2.24, 2.45) is 29.6 Å². The van der Waals surface area contributed by atoms with Gasteiger partial charge in [-0.15, -0.1) is 0 Å². The number of aromatic nitrogens is 2. The number of amides is 2. The average Bonchev–Trinajstić information content (AvgIpc) is 3.35. The number of rotatable bonds is 5. The molecule has 0 saturated heterocycles.